The molecule has 1 heterocycles. The summed E-state index contributed by atoms with van der Waals surface area (Å²) in [5.74, 6) is 0.456. The number of rotatable bonds is 6. The first kappa shape index (κ1) is 20.9. The van der Waals surface area contributed by atoms with Gasteiger partial charge in [-0.3, -0.25) is 14.5 Å². The molecule has 152 valence electrons. The average Bonchev–Trinajstić information content (AvgIpc) is 3.02. The molecule has 0 unspecified atom stereocenters. The smallest absolute Gasteiger partial charge is 0.293 e. The summed E-state index contributed by atoms with van der Waals surface area (Å²) in [5, 5.41) is 1.81. The zero-order valence-electron chi connectivity index (χ0n) is 16.4. The van der Waals surface area contributed by atoms with Gasteiger partial charge in [0.15, 0.2) is 0 Å². The topological polar surface area (TPSA) is 46.6 Å². The number of fused-ring (bicyclic) bond motifs is 1. The monoisotopic (exact) mass is 529 g/mol. The van der Waals surface area contributed by atoms with E-state index >= 15 is 0 Å². The minimum Gasteiger partial charge on any atom is -0.493 e. The van der Waals surface area contributed by atoms with Gasteiger partial charge in [0.25, 0.3) is 11.1 Å². The molecule has 4 rings (SSSR count). The van der Waals surface area contributed by atoms with E-state index in [4.69, 9.17) is 4.74 Å². The second-order valence-electron chi connectivity index (χ2n) is 6.94. The van der Waals surface area contributed by atoms with Crippen LogP contribution < -0.4 is 4.74 Å². The number of thioether (sulfide) groups is 1. The Kier molecular flexibility index (Phi) is 6.43. The van der Waals surface area contributed by atoms with E-state index in [-0.39, 0.29) is 17.7 Å². The third-order valence-electron chi connectivity index (χ3n) is 4.80. The lowest BCUT2D eigenvalue weighted by Crippen LogP contribution is -2.27. The van der Waals surface area contributed by atoms with Crippen LogP contribution in [0.5, 0.6) is 5.75 Å². The Balaban J connectivity index is 1.69. The van der Waals surface area contributed by atoms with Crippen molar-refractivity contribution in [2.24, 2.45) is 0 Å². The van der Waals surface area contributed by atoms with Crippen molar-refractivity contribution in [2.45, 2.75) is 19.9 Å². The highest BCUT2D eigenvalue weighted by Gasteiger charge is 2.35. The van der Waals surface area contributed by atoms with Crippen molar-refractivity contribution in [3.63, 3.8) is 0 Å². The second-order valence-corrected chi connectivity index (χ2v) is 9.18. The summed E-state index contributed by atoms with van der Waals surface area (Å²) >= 11 is 3.21. The molecule has 1 saturated heterocycles. The number of ether oxygens (including phenoxy) is 1. The van der Waals surface area contributed by atoms with Crippen molar-refractivity contribution in [2.75, 3.05) is 6.61 Å². The maximum absolute atomic E-state index is 13.0. The number of hydrogen-bond donors (Lipinski definition) is 0. The Morgan fingerprint density at radius 2 is 1.80 bits per heavy atom. The number of nitrogens with zero attached hydrogens (tertiary/aromatic N) is 1. The SMILES string of the molecule is CCCOc1ccc2ccccc2c1/C=C1\SC(=O)N(Cc2ccc(I)cc2)C1=O. The molecule has 0 spiro atoms. The predicted octanol–water partition coefficient (Wildman–Crippen LogP) is 6.47. The third kappa shape index (κ3) is 4.39. The van der Waals surface area contributed by atoms with E-state index in [1.54, 1.807) is 6.08 Å². The summed E-state index contributed by atoms with van der Waals surface area (Å²) in [6.45, 7) is 2.91. The largest absolute Gasteiger partial charge is 0.493 e. The molecule has 3 aromatic carbocycles. The van der Waals surface area contributed by atoms with Crippen LogP contribution in [0.4, 0.5) is 4.79 Å². The molecule has 1 aliphatic heterocycles. The van der Waals surface area contributed by atoms with E-state index in [0.29, 0.717) is 11.5 Å². The number of carbonyl (C=O) groups excluding carboxylic acids is 2. The molecule has 0 saturated carbocycles. The molecule has 3 aromatic rings. The highest BCUT2D eigenvalue weighted by atomic mass is 127. The normalized spacial score (nSPS) is 15.4. The lowest BCUT2D eigenvalue weighted by atomic mass is 10.0. The number of carbonyl (C=O) groups is 2. The van der Waals surface area contributed by atoms with Crippen LogP contribution >= 0.6 is 34.4 Å². The van der Waals surface area contributed by atoms with E-state index in [1.807, 2.05) is 60.7 Å². The minimum atomic E-state index is -0.266. The molecule has 0 bridgehead atoms. The fraction of sp³-hybridized carbons (Fsp3) is 0.167. The standard InChI is InChI=1S/C24H20INO3S/c1-2-13-29-21-12-9-17-5-3-4-6-19(17)20(21)14-22-23(27)26(24(28)30-22)15-16-7-10-18(25)11-8-16/h3-12,14H,2,13,15H2,1H3/b22-14-. The van der Waals surface area contributed by atoms with Crippen LogP contribution in [0, 0.1) is 3.57 Å². The maximum atomic E-state index is 13.0. The second kappa shape index (κ2) is 9.22. The Bertz CT molecular complexity index is 1140. The maximum Gasteiger partial charge on any atom is 0.293 e. The molecule has 4 nitrogen and oxygen atoms in total. The van der Waals surface area contributed by atoms with Crippen LogP contribution in [0.2, 0.25) is 0 Å². The molecule has 0 atom stereocenters. The summed E-state index contributed by atoms with van der Waals surface area (Å²) in [7, 11) is 0. The minimum absolute atomic E-state index is 0.249. The zero-order chi connectivity index (χ0) is 21.1. The lowest BCUT2D eigenvalue weighted by molar-refractivity contribution is -0.123. The number of imide groups is 1. The van der Waals surface area contributed by atoms with Gasteiger partial charge in [-0.15, -0.1) is 0 Å². The zero-order valence-corrected chi connectivity index (χ0v) is 19.4. The molecule has 2 amide bonds. The van der Waals surface area contributed by atoms with Gasteiger partial charge in [0.2, 0.25) is 0 Å². The molecule has 1 aliphatic rings. The molecular formula is C24H20INO3S. The molecular weight excluding hydrogens is 509 g/mol. The van der Waals surface area contributed by atoms with E-state index in [2.05, 4.69) is 29.5 Å². The van der Waals surface area contributed by atoms with Gasteiger partial charge in [-0.2, -0.15) is 0 Å². The van der Waals surface area contributed by atoms with Crippen molar-refractivity contribution in [1.29, 1.82) is 0 Å². The highest BCUT2D eigenvalue weighted by Crippen LogP contribution is 2.37. The summed E-state index contributed by atoms with van der Waals surface area (Å²) in [4.78, 5) is 27.3. The molecule has 0 N–H and O–H groups in total. The van der Waals surface area contributed by atoms with Crippen LogP contribution in [0.25, 0.3) is 16.8 Å². The molecule has 0 radical (unpaired) electrons. The summed E-state index contributed by atoms with van der Waals surface area (Å²) in [5.41, 5.74) is 1.76. The number of benzene rings is 3. The van der Waals surface area contributed by atoms with Crippen molar-refractivity contribution in [1.82, 2.24) is 4.90 Å². The van der Waals surface area contributed by atoms with Crippen molar-refractivity contribution in [3.8, 4) is 5.75 Å². The van der Waals surface area contributed by atoms with Crippen LogP contribution in [0.3, 0.4) is 0 Å². The van der Waals surface area contributed by atoms with Crippen molar-refractivity contribution in [3.05, 3.63) is 80.3 Å². The van der Waals surface area contributed by atoms with E-state index < -0.39 is 0 Å². The summed E-state index contributed by atoms with van der Waals surface area (Å²) in [6, 6.07) is 19.7. The van der Waals surface area contributed by atoms with Crippen LogP contribution in [-0.2, 0) is 11.3 Å². The Labute approximate surface area is 193 Å². The van der Waals surface area contributed by atoms with Gasteiger partial charge in [-0.05, 0) is 81.4 Å². The predicted molar refractivity (Wildman–Crippen MR) is 130 cm³/mol. The number of amides is 2. The summed E-state index contributed by atoms with van der Waals surface area (Å²) in [6.07, 6.45) is 2.69. The van der Waals surface area contributed by atoms with Crippen LogP contribution in [0.15, 0.2) is 65.6 Å². The van der Waals surface area contributed by atoms with Crippen LogP contribution in [0.1, 0.15) is 24.5 Å². The number of hydrogen-bond acceptors (Lipinski definition) is 4. The van der Waals surface area contributed by atoms with Gasteiger partial charge in [-0.1, -0.05) is 49.4 Å². The van der Waals surface area contributed by atoms with Gasteiger partial charge < -0.3 is 4.74 Å². The molecule has 0 aliphatic carbocycles. The van der Waals surface area contributed by atoms with Gasteiger partial charge in [0.05, 0.1) is 18.1 Å². The van der Waals surface area contributed by atoms with Crippen molar-refractivity contribution >= 4 is 62.3 Å². The molecule has 30 heavy (non-hydrogen) atoms. The molecule has 1 fully saturated rings. The Hall–Kier alpha value is -2.32. The average molecular weight is 529 g/mol. The van der Waals surface area contributed by atoms with E-state index in [1.165, 1.54) is 4.90 Å². The fourth-order valence-electron chi connectivity index (χ4n) is 3.30. The van der Waals surface area contributed by atoms with Crippen molar-refractivity contribution < 1.29 is 14.3 Å². The highest BCUT2D eigenvalue weighted by molar-refractivity contribution is 14.1. The quantitative estimate of drug-likeness (QED) is 0.271. The first-order valence-corrected chi connectivity index (χ1v) is 11.6. The van der Waals surface area contributed by atoms with Gasteiger partial charge in [0.1, 0.15) is 5.75 Å². The lowest BCUT2D eigenvalue weighted by Gasteiger charge is -2.13. The van der Waals surface area contributed by atoms with E-state index in [0.717, 1.165) is 49.4 Å². The first-order valence-electron chi connectivity index (χ1n) is 9.71. The van der Waals surface area contributed by atoms with Gasteiger partial charge in [0, 0.05) is 9.13 Å². The van der Waals surface area contributed by atoms with Crippen LogP contribution in [-0.4, -0.2) is 22.7 Å². The summed E-state index contributed by atoms with van der Waals surface area (Å²) < 4.78 is 7.05. The third-order valence-corrected chi connectivity index (χ3v) is 6.42. The molecule has 6 heteroatoms. The van der Waals surface area contributed by atoms with E-state index in [9.17, 15) is 9.59 Å². The first-order chi connectivity index (χ1) is 14.6. The Morgan fingerprint density at radius 1 is 1.03 bits per heavy atom. The fourth-order valence-corrected chi connectivity index (χ4v) is 4.48. The van der Waals surface area contributed by atoms with Gasteiger partial charge >= 0.3 is 0 Å². The molecule has 0 aromatic heterocycles. The Morgan fingerprint density at radius 3 is 2.57 bits per heavy atom. The number of halogens is 1. The van der Waals surface area contributed by atoms with Gasteiger partial charge in [-0.25, -0.2) is 0 Å².